The van der Waals surface area contributed by atoms with Crippen LogP contribution in [0.1, 0.15) is 58.1 Å². The number of nitrogens with zero attached hydrogens (tertiary/aromatic N) is 1. The lowest BCUT2D eigenvalue weighted by atomic mass is 9.81. The Morgan fingerprint density at radius 3 is 2.57 bits per heavy atom. The summed E-state index contributed by atoms with van der Waals surface area (Å²) in [6.07, 6.45) is 5.44. The fourth-order valence-electron chi connectivity index (χ4n) is 4.10. The highest BCUT2D eigenvalue weighted by Gasteiger charge is 2.34. The van der Waals surface area contributed by atoms with E-state index in [4.69, 9.17) is 0 Å². The van der Waals surface area contributed by atoms with E-state index in [0.717, 1.165) is 6.04 Å². The van der Waals surface area contributed by atoms with Crippen molar-refractivity contribution >= 4 is 0 Å². The average Bonchev–Trinajstić information content (AvgIpc) is 2.92. The Bertz CT molecular complexity index is 448. The first-order valence-electron chi connectivity index (χ1n) is 8.59. The molecule has 0 spiro atoms. The van der Waals surface area contributed by atoms with Gasteiger partial charge in [-0.15, -0.1) is 0 Å². The first-order valence-corrected chi connectivity index (χ1v) is 8.59. The maximum absolute atomic E-state index is 4.00. The van der Waals surface area contributed by atoms with Crippen LogP contribution in [0.25, 0.3) is 0 Å². The Morgan fingerprint density at radius 2 is 1.86 bits per heavy atom. The molecule has 2 fully saturated rings. The van der Waals surface area contributed by atoms with Gasteiger partial charge in [-0.2, -0.15) is 0 Å². The van der Waals surface area contributed by atoms with Gasteiger partial charge in [0.2, 0.25) is 0 Å². The molecular formula is C19H30N2. The Hall–Kier alpha value is -0.860. The van der Waals surface area contributed by atoms with Crippen molar-refractivity contribution in [2.45, 2.75) is 64.6 Å². The zero-order valence-electron chi connectivity index (χ0n) is 13.8. The number of hydrogen-bond donors (Lipinski definition) is 1. The van der Waals surface area contributed by atoms with Gasteiger partial charge in [-0.1, -0.05) is 51.1 Å². The number of benzene rings is 1. The van der Waals surface area contributed by atoms with Crippen LogP contribution >= 0.6 is 0 Å². The second-order valence-electron chi connectivity index (χ2n) is 7.93. The molecule has 3 atom stereocenters. The molecule has 1 N–H and O–H groups in total. The van der Waals surface area contributed by atoms with Crippen LogP contribution in [0.2, 0.25) is 0 Å². The molecule has 21 heavy (non-hydrogen) atoms. The van der Waals surface area contributed by atoms with Crippen LogP contribution in [0, 0.1) is 5.41 Å². The Morgan fingerprint density at radius 1 is 1.10 bits per heavy atom. The first-order chi connectivity index (χ1) is 10.0. The van der Waals surface area contributed by atoms with Crippen molar-refractivity contribution in [1.29, 1.82) is 0 Å². The van der Waals surface area contributed by atoms with Crippen LogP contribution in [-0.2, 0) is 0 Å². The number of nitrogens with one attached hydrogen (secondary N) is 1. The highest BCUT2D eigenvalue weighted by molar-refractivity contribution is 5.21. The molecule has 0 aromatic heterocycles. The lowest BCUT2D eigenvalue weighted by molar-refractivity contribution is 0.143. The van der Waals surface area contributed by atoms with E-state index < -0.39 is 0 Å². The van der Waals surface area contributed by atoms with Crippen molar-refractivity contribution in [3.05, 3.63) is 35.9 Å². The van der Waals surface area contributed by atoms with Crippen LogP contribution in [0.3, 0.4) is 0 Å². The predicted molar refractivity (Wildman–Crippen MR) is 89.4 cm³/mol. The molecule has 1 aromatic carbocycles. The summed E-state index contributed by atoms with van der Waals surface area (Å²) < 4.78 is 0. The van der Waals surface area contributed by atoms with E-state index in [1.165, 1.54) is 44.3 Å². The monoisotopic (exact) mass is 286 g/mol. The van der Waals surface area contributed by atoms with E-state index in [9.17, 15) is 0 Å². The predicted octanol–water partition coefficient (Wildman–Crippen LogP) is 3.99. The maximum Gasteiger partial charge on any atom is 0.0371 e. The number of piperidine rings is 1. The fraction of sp³-hybridized carbons (Fsp3) is 0.684. The van der Waals surface area contributed by atoms with Gasteiger partial charge in [0.15, 0.2) is 0 Å². The zero-order chi connectivity index (χ0) is 14.9. The normalized spacial score (nSPS) is 28.3. The summed E-state index contributed by atoms with van der Waals surface area (Å²) in [5, 5.41) is 4.00. The Labute approximate surface area is 129 Å². The van der Waals surface area contributed by atoms with E-state index in [2.05, 4.69) is 61.3 Å². The number of fused-ring (bicyclic) bond motifs is 1. The molecule has 1 aromatic rings. The van der Waals surface area contributed by atoms with Crippen LogP contribution in [0.4, 0.5) is 0 Å². The van der Waals surface area contributed by atoms with E-state index in [0.29, 0.717) is 12.1 Å². The summed E-state index contributed by atoms with van der Waals surface area (Å²) in [5.74, 6) is 0. The molecule has 0 aliphatic carbocycles. The standard InChI is InChI=1S/C19H30N2/c1-19(2,3)18(15-8-5-4-6-9-15)20-16-11-13-21-12-7-10-17(21)14-16/h4-6,8-9,16-18,20H,7,10-14H2,1-3H3. The van der Waals surface area contributed by atoms with Gasteiger partial charge in [0, 0.05) is 18.1 Å². The summed E-state index contributed by atoms with van der Waals surface area (Å²) in [4.78, 5) is 2.70. The SMILES string of the molecule is CC(C)(C)C(NC1CCN2CCCC2C1)c1ccccc1. The number of hydrogen-bond acceptors (Lipinski definition) is 2. The highest BCUT2D eigenvalue weighted by atomic mass is 15.2. The molecule has 0 bridgehead atoms. The minimum atomic E-state index is 0.244. The van der Waals surface area contributed by atoms with Gasteiger partial charge in [-0.25, -0.2) is 0 Å². The zero-order valence-corrected chi connectivity index (χ0v) is 13.8. The number of rotatable bonds is 3. The lowest BCUT2D eigenvalue weighted by Crippen LogP contribution is -2.48. The molecule has 0 saturated carbocycles. The van der Waals surface area contributed by atoms with Gasteiger partial charge >= 0.3 is 0 Å². The van der Waals surface area contributed by atoms with Gasteiger partial charge in [-0.05, 0) is 49.8 Å². The maximum atomic E-state index is 4.00. The van der Waals surface area contributed by atoms with E-state index >= 15 is 0 Å². The van der Waals surface area contributed by atoms with E-state index in [1.807, 2.05) is 0 Å². The molecule has 3 unspecified atom stereocenters. The van der Waals surface area contributed by atoms with Crippen molar-refractivity contribution < 1.29 is 0 Å². The molecule has 2 aliphatic rings. The van der Waals surface area contributed by atoms with Crippen LogP contribution in [0.5, 0.6) is 0 Å². The topological polar surface area (TPSA) is 15.3 Å². The molecule has 3 rings (SSSR count). The molecule has 2 nitrogen and oxygen atoms in total. The van der Waals surface area contributed by atoms with E-state index in [1.54, 1.807) is 0 Å². The molecular weight excluding hydrogens is 256 g/mol. The van der Waals surface area contributed by atoms with Crippen LogP contribution in [-0.4, -0.2) is 30.1 Å². The van der Waals surface area contributed by atoms with Crippen molar-refractivity contribution in [2.75, 3.05) is 13.1 Å². The second kappa shape index (κ2) is 6.10. The highest BCUT2D eigenvalue weighted by Crippen LogP contribution is 2.35. The van der Waals surface area contributed by atoms with Crippen LogP contribution in [0.15, 0.2) is 30.3 Å². The fourth-order valence-corrected chi connectivity index (χ4v) is 4.10. The minimum Gasteiger partial charge on any atom is -0.307 e. The van der Waals surface area contributed by atoms with Gasteiger partial charge in [0.1, 0.15) is 0 Å². The molecule has 2 heteroatoms. The van der Waals surface area contributed by atoms with Gasteiger partial charge in [0.05, 0.1) is 0 Å². The van der Waals surface area contributed by atoms with Crippen molar-refractivity contribution in [1.82, 2.24) is 10.2 Å². The molecule has 116 valence electrons. The first kappa shape index (κ1) is 15.1. The summed E-state index contributed by atoms with van der Waals surface area (Å²) >= 11 is 0. The third-order valence-corrected chi connectivity index (χ3v) is 5.22. The third kappa shape index (κ3) is 3.49. The molecule has 0 radical (unpaired) electrons. The largest absolute Gasteiger partial charge is 0.307 e. The van der Waals surface area contributed by atoms with Gasteiger partial charge in [0.25, 0.3) is 0 Å². The van der Waals surface area contributed by atoms with Crippen molar-refractivity contribution in [3.8, 4) is 0 Å². The van der Waals surface area contributed by atoms with Gasteiger partial charge in [-0.3, -0.25) is 0 Å². The van der Waals surface area contributed by atoms with Gasteiger partial charge < -0.3 is 10.2 Å². The summed E-state index contributed by atoms with van der Waals surface area (Å²) in [5.41, 5.74) is 1.67. The molecule has 2 saturated heterocycles. The average molecular weight is 286 g/mol. The second-order valence-corrected chi connectivity index (χ2v) is 7.93. The van der Waals surface area contributed by atoms with Crippen LogP contribution < -0.4 is 5.32 Å². The quantitative estimate of drug-likeness (QED) is 0.904. The molecule has 2 aliphatic heterocycles. The van der Waals surface area contributed by atoms with Crippen molar-refractivity contribution in [3.63, 3.8) is 0 Å². The lowest BCUT2D eigenvalue weighted by Gasteiger charge is -2.40. The smallest absolute Gasteiger partial charge is 0.0371 e. The summed E-state index contributed by atoms with van der Waals surface area (Å²) in [6, 6.07) is 12.9. The van der Waals surface area contributed by atoms with E-state index in [-0.39, 0.29) is 5.41 Å². The molecule has 2 heterocycles. The minimum absolute atomic E-state index is 0.244. The summed E-state index contributed by atoms with van der Waals surface area (Å²) in [7, 11) is 0. The Balaban J connectivity index is 1.70. The Kier molecular flexibility index (Phi) is 4.37. The van der Waals surface area contributed by atoms with Crippen molar-refractivity contribution in [2.24, 2.45) is 5.41 Å². The third-order valence-electron chi connectivity index (χ3n) is 5.22. The summed E-state index contributed by atoms with van der Waals surface area (Å²) in [6.45, 7) is 9.67. The molecule has 0 amide bonds.